The summed E-state index contributed by atoms with van der Waals surface area (Å²) >= 11 is 0. The van der Waals surface area contributed by atoms with Gasteiger partial charge in [0.2, 0.25) is 0 Å². The van der Waals surface area contributed by atoms with E-state index in [1.807, 2.05) is 6.07 Å². The molecule has 2 heterocycles. The third kappa shape index (κ3) is 3.50. The maximum Gasteiger partial charge on any atom is 0.120 e. The maximum absolute atomic E-state index is 5.33. The lowest BCUT2D eigenvalue weighted by molar-refractivity contribution is 0.138. The van der Waals surface area contributed by atoms with E-state index in [-0.39, 0.29) is 0 Å². The molecule has 4 heteroatoms. The summed E-state index contributed by atoms with van der Waals surface area (Å²) in [5, 5.41) is 3.57. The molecule has 0 aliphatic carbocycles. The number of nitrogens with one attached hydrogen (secondary N) is 1. The van der Waals surface area contributed by atoms with Crippen LogP contribution in [0.15, 0.2) is 24.3 Å². The molecule has 2 aliphatic rings. The summed E-state index contributed by atoms with van der Waals surface area (Å²) < 4.78 is 5.33. The number of rotatable bonds is 3. The molecule has 116 valence electrons. The fourth-order valence-corrected chi connectivity index (χ4v) is 3.56. The molecule has 1 N–H and O–H groups in total. The van der Waals surface area contributed by atoms with E-state index in [1.54, 1.807) is 7.11 Å². The average Bonchev–Trinajstić information content (AvgIpc) is 2.55. The van der Waals surface area contributed by atoms with Gasteiger partial charge in [-0.3, -0.25) is 4.90 Å². The molecule has 0 aromatic heterocycles. The van der Waals surface area contributed by atoms with E-state index in [4.69, 9.17) is 4.74 Å². The molecule has 2 unspecified atom stereocenters. The highest BCUT2D eigenvalue weighted by Gasteiger charge is 2.27. The van der Waals surface area contributed by atoms with Gasteiger partial charge in [0, 0.05) is 50.5 Å². The Morgan fingerprint density at radius 1 is 1.14 bits per heavy atom. The van der Waals surface area contributed by atoms with Gasteiger partial charge in [-0.25, -0.2) is 0 Å². The van der Waals surface area contributed by atoms with Gasteiger partial charge in [-0.2, -0.15) is 0 Å². The molecule has 0 spiro atoms. The summed E-state index contributed by atoms with van der Waals surface area (Å²) in [5.41, 5.74) is 1.28. The summed E-state index contributed by atoms with van der Waals surface area (Å²) in [6.07, 6.45) is 1.34. The molecule has 0 radical (unpaired) electrons. The zero-order valence-corrected chi connectivity index (χ0v) is 13.2. The predicted octanol–water partition coefficient (Wildman–Crippen LogP) is 1.82. The second-order valence-electron chi connectivity index (χ2n) is 6.38. The number of nitrogens with zero attached hydrogens (tertiary/aromatic N) is 2. The minimum absolute atomic E-state index is 0.723. The van der Waals surface area contributed by atoms with Gasteiger partial charge in [-0.1, -0.05) is 13.0 Å². The largest absolute Gasteiger partial charge is 0.497 e. The van der Waals surface area contributed by atoms with Gasteiger partial charge in [0.15, 0.2) is 0 Å². The van der Waals surface area contributed by atoms with Crippen LogP contribution in [-0.4, -0.2) is 57.3 Å². The van der Waals surface area contributed by atoms with Crippen LogP contribution in [0.2, 0.25) is 0 Å². The van der Waals surface area contributed by atoms with Crippen molar-refractivity contribution in [2.75, 3.05) is 51.3 Å². The van der Waals surface area contributed by atoms with Crippen molar-refractivity contribution >= 4 is 5.69 Å². The summed E-state index contributed by atoms with van der Waals surface area (Å²) in [7, 11) is 1.73. The fourth-order valence-electron chi connectivity index (χ4n) is 3.56. The van der Waals surface area contributed by atoms with Crippen molar-refractivity contribution in [1.29, 1.82) is 0 Å². The van der Waals surface area contributed by atoms with Crippen LogP contribution in [0.4, 0.5) is 5.69 Å². The Balaban J connectivity index is 1.57. The second-order valence-corrected chi connectivity index (χ2v) is 6.38. The van der Waals surface area contributed by atoms with Crippen molar-refractivity contribution in [3.63, 3.8) is 0 Å². The van der Waals surface area contributed by atoms with Gasteiger partial charge >= 0.3 is 0 Å². The summed E-state index contributed by atoms with van der Waals surface area (Å²) in [5.74, 6) is 1.75. The first-order valence-electron chi connectivity index (χ1n) is 8.10. The average molecular weight is 289 g/mol. The van der Waals surface area contributed by atoms with Crippen LogP contribution >= 0.6 is 0 Å². The Kier molecular flexibility index (Phi) is 4.66. The summed E-state index contributed by atoms with van der Waals surface area (Å²) in [6.45, 7) is 9.23. The molecule has 2 saturated heterocycles. The number of anilines is 1. The fraction of sp³-hybridized carbons (Fsp3) is 0.647. The Hall–Kier alpha value is -1.26. The van der Waals surface area contributed by atoms with Crippen molar-refractivity contribution in [1.82, 2.24) is 10.2 Å². The maximum atomic E-state index is 5.33. The normalized spacial score (nSPS) is 27.6. The highest BCUT2D eigenvalue weighted by molar-refractivity contribution is 5.51. The van der Waals surface area contributed by atoms with E-state index >= 15 is 0 Å². The minimum atomic E-state index is 0.723. The van der Waals surface area contributed by atoms with Crippen LogP contribution in [0.5, 0.6) is 5.75 Å². The standard InChI is InChI=1S/C17H27N3O/c1-14-10-16(13-18-12-14)20-8-6-19(7-9-20)15-4-3-5-17(11-15)21-2/h3-5,11,14,16,18H,6-10,12-13H2,1-2H3. The molecular formula is C17H27N3O. The SMILES string of the molecule is COc1cccc(N2CCN(C3CNCC(C)C3)CC2)c1. The predicted molar refractivity (Wildman–Crippen MR) is 87.2 cm³/mol. The molecule has 1 aromatic carbocycles. The molecule has 2 fully saturated rings. The van der Waals surface area contributed by atoms with Crippen molar-refractivity contribution in [2.45, 2.75) is 19.4 Å². The lowest BCUT2D eigenvalue weighted by atomic mass is 9.96. The smallest absolute Gasteiger partial charge is 0.120 e. The van der Waals surface area contributed by atoms with Crippen molar-refractivity contribution in [3.05, 3.63) is 24.3 Å². The van der Waals surface area contributed by atoms with Crippen LogP contribution < -0.4 is 15.0 Å². The number of piperazine rings is 1. The minimum Gasteiger partial charge on any atom is -0.497 e. The lowest BCUT2D eigenvalue weighted by Crippen LogP contribution is -2.55. The summed E-state index contributed by atoms with van der Waals surface area (Å²) in [4.78, 5) is 5.14. The first-order valence-corrected chi connectivity index (χ1v) is 8.10. The molecule has 1 aromatic rings. The highest BCUT2D eigenvalue weighted by atomic mass is 16.5. The van der Waals surface area contributed by atoms with Crippen molar-refractivity contribution in [2.24, 2.45) is 5.92 Å². The first-order chi connectivity index (χ1) is 10.3. The van der Waals surface area contributed by atoms with Gasteiger partial charge in [0.25, 0.3) is 0 Å². The number of hydrogen-bond donors (Lipinski definition) is 1. The van der Waals surface area contributed by atoms with E-state index in [2.05, 4.69) is 40.2 Å². The molecule has 0 saturated carbocycles. The van der Waals surface area contributed by atoms with E-state index < -0.39 is 0 Å². The number of piperidine rings is 1. The van der Waals surface area contributed by atoms with Gasteiger partial charge in [-0.15, -0.1) is 0 Å². The topological polar surface area (TPSA) is 27.7 Å². The Labute approximate surface area is 128 Å². The monoisotopic (exact) mass is 289 g/mol. The first kappa shape index (κ1) is 14.7. The quantitative estimate of drug-likeness (QED) is 0.918. The third-order valence-corrected chi connectivity index (χ3v) is 4.80. The van der Waals surface area contributed by atoms with Gasteiger partial charge in [0.05, 0.1) is 7.11 Å². The summed E-state index contributed by atoms with van der Waals surface area (Å²) in [6, 6.07) is 9.13. The molecule has 2 atom stereocenters. The molecule has 4 nitrogen and oxygen atoms in total. The Bertz CT molecular complexity index is 457. The van der Waals surface area contributed by atoms with Gasteiger partial charge in [-0.05, 0) is 31.0 Å². The van der Waals surface area contributed by atoms with Crippen LogP contribution in [0, 0.1) is 5.92 Å². The van der Waals surface area contributed by atoms with E-state index in [9.17, 15) is 0 Å². The van der Waals surface area contributed by atoms with E-state index in [0.717, 1.165) is 50.4 Å². The molecule has 2 aliphatic heterocycles. The van der Waals surface area contributed by atoms with Crippen molar-refractivity contribution in [3.8, 4) is 5.75 Å². The number of methoxy groups -OCH3 is 1. The third-order valence-electron chi connectivity index (χ3n) is 4.80. The Morgan fingerprint density at radius 3 is 2.67 bits per heavy atom. The van der Waals surface area contributed by atoms with Crippen LogP contribution in [0.1, 0.15) is 13.3 Å². The highest BCUT2D eigenvalue weighted by Crippen LogP contribution is 2.23. The van der Waals surface area contributed by atoms with Gasteiger partial charge < -0.3 is 15.0 Å². The number of benzene rings is 1. The second kappa shape index (κ2) is 6.67. The van der Waals surface area contributed by atoms with Gasteiger partial charge in [0.1, 0.15) is 5.75 Å². The zero-order chi connectivity index (χ0) is 14.7. The Morgan fingerprint density at radius 2 is 1.95 bits per heavy atom. The lowest BCUT2D eigenvalue weighted by Gasteiger charge is -2.42. The molecule has 3 rings (SSSR count). The van der Waals surface area contributed by atoms with Crippen molar-refractivity contribution < 1.29 is 4.74 Å². The number of ether oxygens (including phenoxy) is 1. The van der Waals surface area contributed by atoms with Crippen LogP contribution in [0.25, 0.3) is 0 Å². The van der Waals surface area contributed by atoms with E-state index in [1.165, 1.54) is 18.7 Å². The molecule has 0 amide bonds. The molecule has 0 bridgehead atoms. The molecular weight excluding hydrogens is 262 g/mol. The molecule has 21 heavy (non-hydrogen) atoms. The number of hydrogen-bond acceptors (Lipinski definition) is 4. The zero-order valence-electron chi connectivity index (χ0n) is 13.2. The van der Waals surface area contributed by atoms with Crippen LogP contribution in [0.3, 0.4) is 0 Å². The van der Waals surface area contributed by atoms with E-state index in [0.29, 0.717) is 0 Å². The van der Waals surface area contributed by atoms with Crippen LogP contribution in [-0.2, 0) is 0 Å².